The van der Waals surface area contributed by atoms with Gasteiger partial charge in [-0.2, -0.15) is 0 Å². The molecule has 0 spiro atoms. The number of anilines is 1. The minimum Gasteiger partial charge on any atom is -0.370 e. The fourth-order valence-corrected chi connectivity index (χ4v) is 2.96. The Morgan fingerprint density at radius 3 is 2.67 bits per heavy atom. The summed E-state index contributed by atoms with van der Waals surface area (Å²) >= 11 is 3.47. The van der Waals surface area contributed by atoms with Crippen LogP contribution in [0.3, 0.4) is 0 Å². The molecule has 3 heteroatoms. The standard InChI is InChI=1S/C18H18BrNO/c1-2-14-5-3-4-6-17(14)20-11-12-21-18(13-20)15-7-9-16(19)10-8-15/h2-10,18H,1,11-13H2/t18-/m0/s1. The maximum Gasteiger partial charge on any atom is 0.100 e. The van der Waals surface area contributed by atoms with E-state index in [1.165, 1.54) is 16.8 Å². The number of para-hydroxylation sites is 1. The molecule has 0 radical (unpaired) electrons. The molecule has 1 aliphatic rings. The Labute approximate surface area is 134 Å². The molecule has 0 aliphatic carbocycles. The van der Waals surface area contributed by atoms with E-state index in [0.717, 1.165) is 24.2 Å². The van der Waals surface area contributed by atoms with Gasteiger partial charge in [0.25, 0.3) is 0 Å². The minimum absolute atomic E-state index is 0.115. The van der Waals surface area contributed by atoms with Crippen LogP contribution in [0.1, 0.15) is 17.2 Å². The van der Waals surface area contributed by atoms with E-state index in [4.69, 9.17) is 4.74 Å². The van der Waals surface area contributed by atoms with Crippen molar-refractivity contribution in [1.82, 2.24) is 0 Å². The van der Waals surface area contributed by atoms with E-state index in [1.54, 1.807) is 0 Å². The molecular weight excluding hydrogens is 326 g/mol. The average Bonchev–Trinajstić information content (AvgIpc) is 2.55. The second-order valence-electron chi connectivity index (χ2n) is 5.12. The monoisotopic (exact) mass is 343 g/mol. The highest BCUT2D eigenvalue weighted by Crippen LogP contribution is 2.29. The Morgan fingerprint density at radius 2 is 1.90 bits per heavy atom. The van der Waals surface area contributed by atoms with Gasteiger partial charge in [0.1, 0.15) is 6.10 Å². The summed E-state index contributed by atoms with van der Waals surface area (Å²) in [6.45, 7) is 6.43. The van der Waals surface area contributed by atoms with Gasteiger partial charge in [-0.3, -0.25) is 0 Å². The van der Waals surface area contributed by atoms with Crippen molar-refractivity contribution in [3.63, 3.8) is 0 Å². The van der Waals surface area contributed by atoms with E-state index in [0.29, 0.717) is 0 Å². The van der Waals surface area contributed by atoms with Crippen molar-refractivity contribution in [3.05, 3.63) is 70.7 Å². The van der Waals surface area contributed by atoms with Crippen LogP contribution < -0.4 is 4.90 Å². The Morgan fingerprint density at radius 1 is 1.14 bits per heavy atom. The maximum absolute atomic E-state index is 5.95. The highest BCUT2D eigenvalue weighted by atomic mass is 79.9. The molecule has 1 atom stereocenters. The predicted molar refractivity (Wildman–Crippen MR) is 91.6 cm³/mol. The summed E-state index contributed by atoms with van der Waals surface area (Å²) in [5, 5.41) is 0. The number of ether oxygens (including phenoxy) is 1. The number of halogens is 1. The van der Waals surface area contributed by atoms with E-state index in [2.05, 4.69) is 69.9 Å². The quantitative estimate of drug-likeness (QED) is 0.802. The number of nitrogens with zero attached hydrogens (tertiary/aromatic N) is 1. The molecule has 0 bridgehead atoms. The molecule has 0 N–H and O–H groups in total. The van der Waals surface area contributed by atoms with Crippen molar-refractivity contribution in [2.45, 2.75) is 6.10 Å². The van der Waals surface area contributed by atoms with Crippen molar-refractivity contribution in [3.8, 4) is 0 Å². The van der Waals surface area contributed by atoms with Gasteiger partial charge in [0.05, 0.1) is 6.61 Å². The van der Waals surface area contributed by atoms with Gasteiger partial charge >= 0.3 is 0 Å². The lowest BCUT2D eigenvalue weighted by atomic mass is 10.1. The molecule has 108 valence electrons. The lowest BCUT2D eigenvalue weighted by Crippen LogP contribution is -2.38. The molecule has 2 nitrogen and oxygen atoms in total. The van der Waals surface area contributed by atoms with E-state index < -0.39 is 0 Å². The summed E-state index contributed by atoms with van der Waals surface area (Å²) in [6, 6.07) is 16.8. The Bertz CT molecular complexity index is 623. The lowest BCUT2D eigenvalue weighted by molar-refractivity contribution is 0.0398. The first-order valence-corrected chi connectivity index (χ1v) is 7.90. The molecular formula is C18H18BrNO. The van der Waals surface area contributed by atoms with Gasteiger partial charge in [0, 0.05) is 23.2 Å². The molecule has 2 aromatic rings. The van der Waals surface area contributed by atoms with Gasteiger partial charge in [0.15, 0.2) is 0 Å². The van der Waals surface area contributed by atoms with Crippen LogP contribution in [0.15, 0.2) is 59.6 Å². The topological polar surface area (TPSA) is 12.5 Å². The van der Waals surface area contributed by atoms with Crippen LogP contribution in [0.2, 0.25) is 0 Å². The molecule has 0 amide bonds. The average molecular weight is 344 g/mol. The Balaban J connectivity index is 1.82. The highest BCUT2D eigenvalue weighted by molar-refractivity contribution is 9.10. The first kappa shape index (κ1) is 14.4. The number of benzene rings is 2. The molecule has 1 aliphatic heterocycles. The van der Waals surface area contributed by atoms with Crippen LogP contribution in [0, 0.1) is 0 Å². The van der Waals surface area contributed by atoms with Crippen LogP contribution in [0.5, 0.6) is 0 Å². The number of hydrogen-bond acceptors (Lipinski definition) is 2. The summed E-state index contributed by atoms with van der Waals surface area (Å²) < 4.78 is 7.04. The molecule has 0 saturated carbocycles. The van der Waals surface area contributed by atoms with Crippen molar-refractivity contribution in [1.29, 1.82) is 0 Å². The fourth-order valence-electron chi connectivity index (χ4n) is 2.70. The zero-order valence-corrected chi connectivity index (χ0v) is 13.4. The third-order valence-electron chi connectivity index (χ3n) is 3.81. The zero-order chi connectivity index (χ0) is 14.7. The van der Waals surface area contributed by atoms with Crippen molar-refractivity contribution < 1.29 is 4.74 Å². The largest absolute Gasteiger partial charge is 0.370 e. The first-order chi connectivity index (χ1) is 10.3. The molecule has 0 unspecified atom stereocenters. The molecule has 1 heterocycles. The summed E-state index contributed by atoms with van der Waals surface area (Å²) in [7, 11) is 0. The summed E-state index contributed by atoms with van der Waals surface area (Å²) in [5.74, 6) is 0. The number of hydrogen-bond donors (Lipinski definition) is 0. The Kier molecular flexibility index (Phi) is 4.42. The minimum atomic E-state index is 0.115. The molecule has 3 rings (SSSR count). The fraction of sp³-hybridized carbons (Fsp3) is 0.222. The van der Waals surface area contributed by atoms with E-state index in [9.17, 15) is 0 Å². The zero-order valence-electron chi connectivity index (χ0n) is 11.8. The number of rotatable bonds is 3. The lowest BCUT2D eigenvalue weighted by Gasteiger charge is -2.35. The van der Waals surface area contributed by atoms with Crippen LogP contribution in [0.4, 0.5) is 5.69 Å². The smallest absolute Gasteiger partial charge is 0.100 e. The SMILES string of the molecule is C=Cc1ccccc1N1CCO[C@H](c2ccc(Br)cc2)C1. The molecule has 2 aromatic carbocycles. The second-order valence-corrected chi connectivity index (χ2v) is 6.04. The van der Waals surface area contributed by atoms with Gasteiger partial charge in [-0.1, -0.05) is 58.9 Å². The summed E-state index contributed by atoms with van der Waals surface area (Å²) in [6.07, 6.45) is 2.03. The molecule has 0 aromatic heterocycles. The van der Waals surface area contributed by atoms with Gasteiger partial charge in [-0.25, -0.2) is 0 Å². The molecule has 1 fully saturated rings. The molecule has 1 saturated heterocycles. The summed E-state index contributed by atoms with van der Waals surface area (Å²) in [4.78, 5) is 2.38. The van der Waals surface area contributed by atoms with Crippen LogP contribution in [-0.2, 0) is 4.74 Å². The highest BCUT2D eigenvalue weighted by Gasteiger charge is 2.23. The third-order valence-corrected chi connectivity index (χ3v) is 4.33. The van der Waals surface area contributed by atoms with E-state index >= 15 is 0 Å². The van der Waals surface area contributed by atoms with E-state index in [-0.39, 0.29) is 6.10 Å². The van der Waals surface area contributed by atoms with Crippen molar-refractivity contribution in [2.75, 3.05) is 24.6 Å². The van der Waals surface area contributed by atoms with Crippen molar-refractivity contribution >= 4 is 27.7 Å². The van der Waals surface area contributed by atoms with Gasteiger partial charge in [-0.15, -0.1) is 0 Å². The van der Waals surface area contributed by atoms with Gasteiger partial charge < -0.3 is 9.64 Å². The normalized spacial score (nSPS) is 18.5. The number of morpholine rings is 1. The summed E-state index contributed by atoms with van der Waals surface area (Å²) in [5.41, 5.74) is 3.63. The van der Waals surface area contributed by atoms with Crippen LogP contribution in [-0.4, -0.2) is 19.7 Å². The second kappa shape index (κ2) is 6.46. The van der Waals surface area contributed by atoms with Gasteiger partial charge in [0.2, 0.25) is 0 Å². The van der Waals surface area contributed by atoms with Crippen LogP contribution >= 0.6 is 15.9 Å². The van der Waals surface area contributed by atoms with Crippen LogP contribution in [0.25, 0.3) is 6.08 Å². The first-order valence-electron chi connectivity index (χ1n) is 7.11. The third kappa shape index (κ3) is 3.20. The van der Waals surface area contributed by atoms with Crippen molar-refractivity contribution in [2.24, 2.45) is 0 Å². The Hall–Kier alpha value is -1.58. The van der Waals surface area contributed by atoms with E-state index in [1.807, 2.05) is 12.1 Å². The molecule has 21 heavy (non-hydrogen) atoms. The maximum atomic E-state index is 5.95. The predicted octanol–water partition coefficient (Wildman–Crippen LogP) is 4.67. The van der Waals surface area contributed by atoms with Gasteiger partial charge in [-0.05, 0) is 29.3 Å².